The van der Waals surface area contributed by atoms with Gasteiger partial charge in [0.05, 0.1) is 12.5 Å². The van der Waals surface area contributed by atoms with E-state index in [9.17, 15) is 8.42 Å². The SMILES string of the molecule is CS(=O)(=O)NC1CCC(CCN2CCCCC2c2coc3cccc-3c2)CC1. The first-order valence-electron chi connectivity index (χ1n) is 10.7. The maximum atomic E-state index is 11.4. The van der Waals surface area contributed by atoms with Gasteiger partial charge in [0, 0.05) is 23.2 Å². The zero-order valence-corrected chi connectivity index (χ0v) is 17.6. The predicted molar refractivity (Wildman–Crippen MR) is 112 cm³/mol. The highest BCUT2D eigenvalue weighted by atomic mass is 32.2. The largest absolute Gasteiger partial charge is 0.464 e. The molecule has 0 radical (unpaired) electrons. The molecule has 4 aliphatic rings. The van der Waals surface area contributed by atoms with Gasteiger partial charge in [0.1, 0.15) is 5.76 Å². The van der Waals surface area contributed by atoms with Gasteiger partial charge in [0.25, 0.3) is 0 Å². The van der Waals surface area contributed by atoms with Crippen molar-refractivity contribution in [2.75, 3.05) is 19.3 Å². The molecule has 0 bridgehead atoms. The smallest absolute Gasteiger partial charge is 0.208 e. The molecule has 2 aliphatic carbocycles. The molecule has 1 atom stereocenters. The third-order valence-electron chi connectivity index (χ3n) is 6.50. The molecule has 0 aromatic heterocycles. The standard InChI is InChI=1S/C22H32N2O3S/c1-28(25,26)23-20-10-8-17(9-11-20)12-14-24-13-3-2-6-21(24)19-15-18-5-4-7-22(18)27-16-19/h4-5,7,15-17,20-21,23H,2-3,6,8-14H2,1H3. The van der Waals surface area contributed by atoms with Crippen molar-refractivity contribution >= 4 is 10.0 Å². The number of likely N-dealkylation sites (tertiary alicyclic amines) is 1. The van der Waals surface area contributed by atoms with Crippen LogP contribution in [0.3, 0.4) is 0 Å². The van der Waals surface area contributed by atoms with Crippen LogP contribution in [0.25, 0.3) is 11.3 Å². The molecule has 2 fully saturated rings. The van der Waals surface area contributed by atoms with E-state index in [2.05, 4.69) is 21.8 Å². The second-order valence-corrected chi connectivity index (χ2v) is 10.4. The minimum atomic E-state index is -3.09. The quantitative estimate of drug-likeness (QED) is 0.775. The molecule has 4 rings (SSSR count). The zero-order chi connectivity index (χ0) is 19.6. The molecule has 1 N–H and O–H groups in total. The third-order valence-corrected chi connectivity index (χ3v) is 7.26. The van der Waals surface area contributed by atoms with Crippen molar-refractivity contribution in [2.24, 2.45) is 5.92 Å². The van der Waals surface area contributed by atoms with Gasteiger partial charge in [-0.15, -0.1) is 0 Å². The van der Waals surface area contributed by atoms with Crippen molar-refractivity contribution in [3.63, 3.8) is 0 Å². The fourth-order valence-electron chi connectivity index (χ4n) is 5.02. The second kappa shape index (κ2) is 8.56. The number of fused-ring (bicyclic) bond motifs is 1. The number of hydrogen-bond acceptors (Lipinski definition) is 4. The Bertz CT molecular complexity index is 839. The molecule has 0 spiro atoms. The number of rotatable bonds is 6. The predicted octanol–water partition coefficient (Wildman–Crippen LogP) is 4.41. The Morgan fingerprint density at radius 3 is 2.75 bits per heavy atom. The summed E-state index contributed by atoms with van der Waals surface area (Å²) in [6.07, 6.45) is 12.4. The normalized spacial score (nSPS) is 27.2. The highest BCUT2D eigenvalue weighted by molar-refractivity contribution is 7.88. The van der Waals surface area contributed by atoms with Gasteiger partial charge in [0.15, 0.2) is 0 Å². The third kappa shape index (κ3) is 4.97. The van der Waals surface area contributed by atoms with Crippen molar-refractivity contribution < 1.29 is 12.8 Å². The van der Waals surface area contributed by atoms with Crippen LogP contribution in [-0.4, -0.2) is 38.7 Å². The summed E-state index contributed by atoms with van der Waals surface area (Å²) in [4.78, 5) is 2.64. The fraction of sp³-hybridized carbons (Fsp3) is 0.636. The maximum Gasteiger partial charge on any atom is 0.208 e. The van der Waals surface area contributed by atoms with Crippen LogP contribution in [0.5, 0.6) is 0 Å². The minimum Gasteiger partial charge on any atom is -0.464 e. The molecule has 28 heavy (non-hydrogen) atoms. The highest BCUT2D eigenvalue weighted by Gasteiger charge is 2.28. The number of sulfonamides is 1. The summed E-state index contributed by atoms with van der Waals surface area (Å²) in [5.41, 5.74) is 2.50. The number of nitrogens with one attached hydrogen (secondary N) is 1. The van der Waals surface area contributed by atoms with Crippen molar-refractivity contribution in [1.29, 1.82) is 0 Å². The van der Waals surface area contributed by atoms with Gasteiger partial charge in [-0.1, -0.05) is 18.6 Å². The first kappa shape index (κ1) is 19.9. The lowest BCUT2D eigenvalue weighted by Gasteiger charge is -2.37. The molecule has 2 heterocycles. The molecule has 5 nitrogen and oxygen atoms in total. The second-order valence-electron chi connectivity index (χ2n) is 8.67. The van der Waals surface area contributed by atoms with Gasteiger partial charge < -0.3 is 4.42 Å². The summed E-state index contributed by atoms with van der Waals surface area (Å²) in [7, 11) is -3.09. The number of nitrogens with zero attached hydrogens (tertiary/aromatic N) is 1. The fourth-order valence-corrected chi connectivity index (χ4v) is 5.86. The Morgan fingerprint density at radius 1 is 1.14 bits per heavy atom. The topological polar surface area (TPSA) is 62.6 Å². The van der Waals surface area contributed by atoms with Gasteiger partial charge in [-0.3, -0.25) is 4.90 Å². The van der Waals surface area contributed by atoms with Gasteiger partial charge >= 0.3 is 0 Å². The molecular weight excluding hydrogens is 372 g/mol. The van der Waals surface area contributed by atoms with Crippen LogP contribution in [0, 0.1) is 5.92 Å². The van der Waals surface area contributed by atoms with Crippen molar-refractivity contribution in [1.82, 2.24) is 9.62 Å². The monoisotopic (exact) mass is 404 g/mol. The number of piperidine rings is 1. The lowest BCUT2D eigenvalue weighted by Crippen LogP contribution is -2.38. The number of hydrogen-bond donors (Lipinski definition) is 1. The van der Waals surface area contributed by atoms with Crippen LogP contribution >= 0.6 is 0 Å². The van der Waals surface area contributed by atoms with E-state index in [1.165, 1.54) is 43.1 Å². The Hall–Kier alpha value is -1.37. The zero-order valence-electron chi connectivity index (χ0n) is 16.8. The molecule has 6 heteroatoms. The van der Waals surface area contributed by atoms with E-state index < -0.39 is 10.0 Å². The molecular formula is C22H32N2O3S. The summed E-state index contributed by atoms with van der Waals surface area (Å²) in [5, 5.41) is 0. The van der Waals surface area contributed by atoms with E-state index >= 15 is 0 Å². The lowest BCUT2D eigenvalue weighted by molar-refractivity contribution is 0.131. The van der Waals surface area contributed by atoms with E-state index in [-0.39, 0.29) is 6.04 Å². The van der Waals surface area contributed by atoms with Crippen LogP contribution in [0.2, 0.25) is 0 Å². The lowest BCUT2D eigenvalue weighted by atomic mass is 9.84. The van der Waals surface area contributed by atoms with Crippen molar-refractivity contribution in [2.45, 2.75) is 63.5 Å². The van der Waals surface area contributed by atoms with Crippen molar-refractivity contribution in [3.05, 3.63) is 36.1 Å². The minimum absolute atomic E-state index is 0.131. The summed E-state index contributed by atoms with van der Waals surface area (Å²) < 4.78 is 31.5. The Labute approximate surface area is 168 Å². The van der Waals surface area contributed by atoms with E-state index in [0.717, 1.165) is 44.5 Å². The van der Waals surface area contributed by atoms with Gasteiger partial charge in [0.2, 0.25) is 10.0 Å². The van der Waals surface area contributed by atoms with Gasteiger partial charge in [-0.2, -0.15) is 0 Å². The van der Waals surface area contributed by atoms with Crippen molar-refractivity contribution in [3.8, 4) is 11.3 Å². The van der Waals surface area contributed by atoms with Crippen LogP contribution < -0.4 is 4.72 Å². The first-order valence-corrected chi connectivity index (χ1v) is 12.6. The Morgan fingerprint density at radius 2 is 1.96 bits per heavy atom. The summed E-state index contributed by atoms with van der Waals surface area (Å²) >= 11 is 0. The molecule has 0 amide bonds. The van der Waals surface area contributed by atoms with Crippen LogP contribution in [-0.2, 0) is 10.0 Å². The molecule has 1 unspecified atom stereocenters. The van der Waals surface area contributed by atoms with Gasteiger partial charge in [-0.05, 0) is 76.1 Å². The molecule has 154 valence electrons. The molecule has 1 saturated heterocycles. The molecule has 0 aromatic carbocycles. The summed E-state index contributed by atoms with van der Waals surface area (Å²) in [6, 6.07) is 9.08. The Kier molecular flexibility index (Phi) is 6.09. The molecule has 2 aliphatic heterocycles. The van der Waals surface area contributed by atoms with E-state index in [4.69, 9.17) is 4.42 Å². The maximum absolute atomic E-state index is 11.4. The van der Waals surface area contributed by atoms with Crippen LogP contribution in [0.1, 0.15) is 63.0 Å². The summed E-state index contributed by atoms with van der Waals surface area (Å²) in [5.74, 6) is 1.67. The summed E-state index contributed by atoms with van der Waals surface area (Å²) in [6.45, 7) is 2.28. The van der Waals surface area contributed by atoms with E-state index in [0.29, 0.717) is 12.0 Å². The first-order chi connectivity index (χ1) is 13.5. The Balaban J connectivity index is 1.33. The molecule has 0 aromatic rings. The van der Waals surface area contributed by atoms with E-state index in [1.807, 2.05) is 18.4 Å². The van der Waals surface area contributed by atoms with Crippen LogP contribution in [0.15, 0.2) is 34.9 Å². The average molecular weight is 405 g/mol. The van der Waals surface area contributed by atoms with Gasteiger partial charge in [-0.25, -0.2) is 13.1 Å². The molecule has 1 saturated carbocycles. The average Bonchev–Trinajstić information content (AvgIpc) is 3.14. The van der Waals surface area contributed by atoms with E-state index in [1.54, 1.807) is 0 Å². The highest BCUT2D eigenvalue weighted by Crippen LogP contribution is 2.36. The van der Waals surface area contributed by atoms with Crippen LogP contribution in [0.4, 0.5) is 0 Å².